The lowest BCUT2D eigenvalue weighted by atomic mass is 10.0. The molecular weight excluding hydrogens is 296 g/mol. The van der Waals surface area contributed by atoms with E-state index in [1.54, 1.807) is 24.3 Å². The van der Waals surface area contributed by atoms with Gasteiger partial charge in [0.2, 0.25) is 0 Å². The third kappa shape index (κ3) is 3.47. The van der Waals surface area contributed by atoms with Crippen LogP contribution in [0.25, 0.3) is 0 Å². The third-order valence-corrected chi connectivity index (χ3v) is 3.75. The maximum absolute atomic E-state index is 12.4. The highest BCUT2D eigenvalue weighted by Gasteiger charge is 2.21. The summed E-state index contributed by atoms with van der Waals surface area (Å²) in [6.07, 6.45) is 2.71. The first-order valence-corrected chi connectivity index (χ1v) is 7.71. The number of nitrogens with zero attached hydrogens (tertiary/aromatic N) is 2. The molecule has 0 aliphatic carbocycles. The van der Waals surface area contributed by atoms with Crippen LogP contribution in [-0.2, 0) is 4.79 Å². The fourth-order valence-corrected chi connectivity index (χ4v) is 2.48. The van der Waals surface area contributed by atoms with Gasteiger partial charge in [-0.05, 0) is 25.5 Å². The van der Waals surface area contributed by atoms with Crippen molar-refractivity contribution in [3.05, 3.63) is 35.5 Å². The Morgan fingerprint density at radius 1 is 1.17 bits per heavy atom. The number of benzene rings is 1. The standard InChI is InChI=1S/C17H18N2O4/c1-11-5-6-13(19-18-11)15(21)8-7-14(20)12-3-2-4-16-17(12)23-10-9-22-16/h2-4,6,11H,5,7-10H2,1H3/t11-/m1/s1. The summed E-state index contributed by atoms with van der Waals surface area (Å²) in [6.45, 7) is 2.83. The van der Waals surface area contributed by atoms with Crippen molar-refractivity contribution in [3.8, 4) is 11.5 Å². The predicted molar refractivity (Wildman–Crippen MR) is 83.0 cm³/mol. The average Bonchev–Trinajstić information content (AvgIpc) is 2.59. The predicted octanol–water partition coefficient (Wildman–Crippen LogP) is 3.12. The number of para-hydroxylation sites is 1. The molecule has 120 valence electrons. The molecule has 3 rings (SSSR count). The maximum atomic E-state index is 12.4. The second-order valence-electron chi connectivity index (χ2n) is 5.57. The summed E-state index contributed by atoms with van der Waals surface area (Å²) in [5, 5.41) is 7.90. The number of allylic oxidation sites excluding steroid dienone is 1. The molecule has 0 N–H and O–H groups in total. The van der Waals surface area contributed by atoms with Gasteiger partial charge in [0.25, 0.3) is 0 Å². The normalized spacial score (nSPS) is 19.2. The number of rotatable bonds is 5. The lowest BCUT2D eigenvalue weighted by Gasteiger charge is -2.20. The second-order valence-corrected chi connectivity index (χ2v) is 5.57. The second kappa shape index (κ2) is 6.73. The van der Waals surface area contributed by atoms with E-state index in [-0.39, 0.29) is 30.4 Å². The first kappa shape index (κ1) is 15.4. The number of azo groups is 1. The van der Waals surface area contributed by atoms with Gasteiger partial charge in [0.1, 0.15) is 18.9 Å². The molecule has 0 saturated heterocycles. The van der Waals surface area contributed by atoms with Crippen molar-refractivity contribution in [2.45, 2.75) is 32.2 Å². The summed E-state index contributed by atoms with van der Waals surface area (Å²) >= 11 is 0. The van der Waals surface area contributed by atoms with E-state index in [2.05, 4.69) is 10.2 Å². The van der Waals surface area contributed by atoms with Crippen LogP contribution < -0.4 is 9.47 Å². The van der Waals surface area contributed by atoms with Crippen LogP contribution in [0.2, 0.25) is 0 Å². The number of hydrogen-bond donors (Lipinski definition) is 0. The van der Waals surface area contributed by atoms with E-state index in [4.69, 9.17) is 9.47 Å². The highest BCUT2D eigenvalue weighted by molar-refractivity contribution is 6.03. The number of fused-ring (bicyclic) bond motifs is 1. The maximum Gasteiger partial charge on any atom is 0.183 e. The zero-order chi connectivity index (χ0) is 16.2. The Morgan fingerprint density at radius 3 is 2.74 bits per heavy atom. The van der Waals surface area contributed by atoms with Gasteiger partial charge in [0, 0.05) is 12.8 Å². The van der Waals surface area contributed by atoms with Crippen LogP contribution in [0.1, 0.15) is 36.5 Å². The van der Waals surface area contributed by atoms with Gasteiger partial charge in [-0.3, -0.25) is 9.59 Å². The number of hydrogen-bond acceptors (Lipinski definition) is 6. The Labute approximate surface area is 134 Å². The summed E-state index contributed by atoms with van der Waals surface area (Å²) in [6, 6.07) is 5.33. The van der Waals surface area contributed by atoms with Gasteiger partial charge in [0.05, 0.1) is 11.6 Å². The fourth-order valence-electron chi connectivity index (χ4n) is 2.48. The molecule has 0 spiro atoms. The van der Waals surface area contributed by atoms with E-state index in [1.165, 1.54) is 0 Å². The molecule has 2 heterocycles. The Kier molecular flexibility index (Phi) is 4.50. The first-order chi connectivity index (χ1) is 11.1. The van der Waals surface area contributed by atoms with E-state index in [0.29, 0.717) is 42.4 Å². The van der Waals surface area contributed by atoms with Crippen molar-refractivity contribution in [3.63, 3.8) is 0 Å². The van der Waals surface area contributed by atoms with Crippen LogP contribution in [0, 0.1) is 0 Å². The minimum absolute atomic E-state index is 0.112. The van der Waals surface area contributed by atoms with Crippen LogP contribution in [0.5, 0.6) is 11.5 Å². The SMILES string of the molecule is C[C@@H]1CC=C(C(=O)CCC(=O)c2cccc3c2OCCO3)N=N1. The zero-order valence-electron chi connectivity index (χ0n) is 12.9. The highest BCUT2D eigenvalue weighted by atomic mass is 16.6. The molecule has 2 aliphatic heterocycles. The summed E-state index contributed by atoms with van der Waals surface area (Å²) < 4.78 is 11.0. The minimum atomic E-state index is -0.157. The number of carbonyl (C=O) groups is 2. The lowest BCUT2D eigenvalue weighted by Crippen LogP contribution is -2.18. The summed E-state index contributed by atoms with van der Waals surface area (Å²) in [5.74, 6) is 0.756. The van der Waals surface area contributed by atoms with Crippen LogP contribution in [0.4, 0.5) is 0 Å². The van der Waals surface area contributed by atoms with Crippen LogP contribution in [0.3, 0.4) is 0 Å². The Balaban J connectivity index is 1.64. The molecule has 23 heavy (non-hydrogen) atoms. The minimum Gasteiger partial charge on any atom is -0.486 e. The Bertz CT molecular complexity index is 694. The van der Waals surface area contributed by atoms with Gasteiger partial charge in [-0.2, -0.15) is 10.2 Å². The van der Waals surface area contributed by atoms with Crippen molar-refractivity contribution in [2.75, 3.05) is 13.2 Å². The summed E-state index contributed by atoms with van der Waals surface area (Å²) in [7, 11) is 0. The van der Waals surface area contributed by atoms with Gasteiger partial charge in [-0.25, -0.2) is 0 Å². The molecule has 0 aromatic heterocycles. The Hall–Kier alpha value is -2.50. The van der Waals surface area contributed by atoms with Gasteiger partial charge in [-0.1, -0.05) is 12.1 Å². The number of carbonyl (C=O) groups excluding carboxylic acids is 2. The molecule has 1 aromatic rings. The molecule has 0 bridgehead atoms. The summed E-state index contributed by atoms with van der Waals surface area (Å²) in [4.78, 5) is 24.5. The summed E-state index contributed by atoms with van der Waals surface area (Å²) in [5.41, 5.74) is 0.813. The van der Waals surface area contributed by atoms with Crippen LogP contribution >= 0.6 is 0 Å². The van der Waals surface area contributed by atoms with Gasteiger partial charge in [0.15, 0.2) is 23.1 Å². The molecule has 0 amide bonds. The molecule has 0 radical (unpaired) electrons. The zero-order valence-corrected chi connectivity index (χ0v) is 12.9. The lowest BCUT2D eigenvalue weighted by molar-refractivity contribution is -0.115. The van der Waals surface area contributed by atoms with Crippen molar-refractivity contribution in [2.24, 2.45) is 10.2 Å². The monoisotopic (exact) mass is 314 g/mol. The highest BCUT2D eigenvalue weighted by Crippen LogP contribution is 2.34. The molecule has 1 atom stereocenters. The quantitative estimate of drug-likeness (QED) is 0.782. The van der Waals surface area contributed by atoms with E-state index >= 15 is 0 Å². The van der Waals surface area contributed by atoms with Gasteiger partial charge in [-0.15, -0.1) is 0 Å². The smallest absolute Gasteiger partial charge is 0.183 e. The largest absolute Gasteiger partial charge is 0.486 e. The molecule has 0 fully saturated rings. The Morgan fingerprint density at radius 2 is 1.96 bits per heavy atom. The molecule has 0 unspecified atom stereocenters. The first-order valence-electron chi connectivity index (χ1n) is 7.71. The van der Waals surface area contributed by atoms with E-state index < -0.39 is 0 Å². The fraction of sp³-hybridized carbons (Fsp3) is 0.412. The van der Waals surface area contributed by atoms with Crippen molar-refractivity contribution in [1.29, 1.82) is 0 Å². The van der Waals surface area contributed by atoms with Crippen molar-refractivity contribution in [1.82, 2.24) is 0 Å². The molecule has 2 aliphatic rings. The molecular formula is C17H18N2O4. The van der Waals surface area contributed by atoms with Gasteiger partial charge < -0.3 is 9.47 Å². The molecule has 0 saturated carbocycles. The number of ether oxygens (including phenoxy) is 2. The molecule has 1 aromatic carbocycles. The van der Waals surface area contributed by atoms with Crippen LogP contribution in [-0.4, -0.2) is 30.8 Å². The average molecular weight is 314 g/mol. The van der Waals surface area contributed by atoms with Crippen LogP contribution in [0.15, 0.2) is 40.2 Å². The molecule has 6 heteroatoms. The molecule has 6 nitrogen and oxygen atoms in total. The topological polar surface area (TPSA) is 77.3 Å². The van der Waals surface area contributed by atoms with E-state index in [9.17, 15) is 9.59 Å². The van der Waals surface area contributed by atoms with E-state index in [0.717, 1.165) is 0 Å². The third-order valence-electron chi connectivity index (χ3n) is 3.75. The number of Topliss-reactive ketones (excluding diaryl/α,β-unsaturated/α-hetero) is 2. The van der Waals surface area contributed by atoms with Gasteiger partial charge >= 0.3 is 0 Å². The van der Waals surface area contributed by atoms with Crippen molar-refractivity contribution < 1.29 is 19.1 Å². The van der Waals surface area contributed by atoms with Crippen molar-refractivity contribution >= 4 is 11.6 Å². The van der Waals surface area contributed by atoms with E-state index in [1.807, 2.05) is 6.92 Å². The number of ketones is 2.